The second-order valence-corrected chi connectivity index (χ2v) is 10.7. The van der Waals surface area contributed by atoms with Crippen molar-refractivity contribution in [2.24, 2.45) is 0 Å². The van der Waals surface area contributed by atoms with Gasteiger partial charge in [0.25, 0.3) is 11.5 Å². The summed E-state index contributed by atoms with van der Waals surface area (Å²) in [5.41, 5.74) is 3.05. The Bertz CT molecular complexity index is 1630. The van der Waals surface area contributed by atoms with E-state index in [2.05, 4.69) is 4.98 Å². The maximum atomic E-state index is 13.6. The Kier molecular flexibility index (Phi) is 7.15. The zero-order valence-corrected chi connectivity index (χ0v) is 22.5. The van der Waals surface area contributed by atoms with E-state index in [9.17, 15) is 9.59 Å². The van der Waals surface area contributed by atoms with Gasteiger partial charge in [-0.3, -0.25) is 18.9 Å². The van der Waals surface area contributed by atoms with Gasteiger partial charge in [-0.1, -0.05) is 72.0 Å². The molecule has 0 unspecified atom stereocenters. The summed E-state index contributed by atoms with van der Waals surface area (Å²) in [6, 6.07) is 18.8. The Hall–Kier alpha value is -3.46. The molecule has 6 nitrogen and oxygen atoms in total. The summed E-state index contributed by atoms with van der Waals surface area (Å²) in [6.07, 6.45) is 3.85. The summed E-state index contributed by atoms with van der Waals surface area (Å²) < 4.78 is 8.01. The third kappa shape index (κ3) is 5.18. The Morgan fingerprint density at radius 3 is 2.59 bits per heavy atom. The van der Waals surface area contributed by atoms with Gasteiger partial charge in [0.15, 0.2) is 0 Å². The third-order valence-electron chi connectivity index (χ3n) is 6.01. The number of fused-ring (bicyclic) bond motifs is 1. The molecular formula is C28H22ClN3O3S2. The topological polar surface area (TPSA) is 63.9 Å². The van der Waals surface area contributed by atoms with Crippen molar-refractivity contribution in [3.8, 4) is 11.6 Å². The van der Waals surface area contributed by atoms with Crippen molar-refractivity contribution < 1.29 is 9.53 Å². The van der Waals surface area contributed by atoms with Crippen molar-refractivity contribution in [2.45, 2.75) is 20.3 Å². The monoisotopic (exact) mass is 547 g/mol. The summed E-state index contributed by atoms with van der Waals surface area (Å²) in [6.45, 7) is 4.19. The standard InChI is InChI=1S/C28H22ClN3O3S2/c1-17-7-6-13-31-24(17)30-25(35-20-10-11-22(29)18(2)15-20)21(26(31)33)16-23-27(34)32(28(36)37-23)14-12-19-8-4-3-5-9-19/h3-11,13,15-16H,12,14H2,1-2H3/b23-16+. The summed E-state index contributed by atoms with van der Waals surface area (Å²) >= 11 is 12.8. The number of pyridine rings is 1. The number of carbonyl (C=O) groups excluding carboxylic acids is 1. The van der Waals surface area contributed by atoms with E-state index in [-0.39, 0.29) is 22.9 Å². The van der Waals surface area contributed by atoms with Crippen molar-refractivity contribution in [1.29, 1.82) is 0 Å². The normalized spacial score (nSPS) is 14.7. The molecule has 0 bridgehead atoms. The van der Waals surface area contributed by atoms with Crippen LogP contribution in [0.4, 0.5) is 0 Å². The molecule has 4 aromatic rings. The summed E-state index contributed by atoms with van der Waals surface area (Å²) in [7, 11) is 0. The maximum absolute atomic E-state index is 13.6. The molecule has 0 N–H and O–H groups in total. The molecule has 1 amide bonds. The van der Waals surface area contributed by atoms with Gasteiger partial charge in [-0.2, -0.15) is 4.98 Å². The fourth-order valence-electron chi connectivity index (χ4n) is 4.00. The van der Waals surface area contributed by atoms with Crippen LogP contribution in [0.3, 0.4) is 0 Å². The Labute approximate surface area is 228 Å². The van der Waals surface area contributed by atoms with E-state index < -0.39 is 0 Å². The highest BCUT2D eigenvalue weighted by molar-refractivity contribution is 8.26. The number of nitrogens with zero attached hydrogens (tertiary/aromatic N) is 3. The average molecular weight is 548 g/mol. The van der Waals surface area contributed by atoms with Crippen LogP contribution >= 0.6 is 35.6 Å². The lowest BCUT2D eigenvalue weighted by Crippen LogP contribution is -2.30. The van der Waals surface area contributed by atoms with Gasteiger partial charge in [-0.05, 0) is 67.3 Å². The van der Waals surface area contributed by atoms with E-state index in [0.29, 0.717) is 38.6 Å². The van der Waals surface area contributed by atoms with E-state index in [1.165, 1.54) is 22.2 Å². The molecule has 1 aliphatic heterocycles. The molecular weight excluding hydrogens is 526 g/mol. The lowest BCUT2D eigenvalue weighted by molar-refractivity contribution is -0.122. The number of hydrogen-bond acceptors (Lipinski definition) is 6. The van der Waals surface area contributed by atoms with Crippen LogP contribution in [-0.4, -0.2) is 31.1 Å². The van der Waals surface area contributed by atoms with Gasteiger partial charge >= 0.3 is 0 Å². The Morgan fingerprint density at radius 2 is 1.84 bits per heavy atom. The molecule has 37 heavy (non-hydrogen) atoms. The fraction of sp³-hybridized carbons (Fsp3) is 0.143. The Morgan fingerprint density at radius 1 is 1.05 bits per heavy atom. The molecule has 1 fully saturated rings. The van der Waals surface area contributed by atoms with Gasteiger partial charge < -0.3 is 4.74 Å². The zero-order chi connectivity index (χ0) is 26.1. The van der Waals surface area contributed by atoms with Crippen LogP contribution in [0.15, 0.2) is 76.6 Å². The molecule has 5 rings (SSSR count). The molecule has 186 valence electrons. The summed E-state index contributed by atoms with van der Waals surface area (Å²) in [4.78, 5) is 33.5. The van der Waals surface area contributed by atoms with Crippen molar-refractivity contribution in [1.82, 2.24) is 14.3 Å². The predicted molar refractivity (Wildman–Crippen MR) is 152 cm³/mol. The molecule has 0 spiro atoms. The first-order valence-electron chi connectivity index (χ1n) is 11.6. The number of thiocarbonyl (C=S) groups is 1. The minimum Gasteiger partial charge on any atom is -0.438 e. The molecule has 0 saturated carbocycles. The Balaban J connectivity index is 1.54. The number of aryl methyl sites for hydroxylation is 2. The third-order valence-corrected chi connectivity index (χ3v) is 7.81. The van der Waals surface area contributed by atoms with Crippen molar-refractivity contribution in [3.63, 3.8) is 0 Å². The van der Waals surface area contributed by atoms with Crippen LogP contribution in [0.2, 0.25) is 5.02 Å². The molecule has 2 aromatic heterocycles. The average Bonchev–Trinajstić information content (AvgIpc) is 3.15. The second kappa shape index (κ2) is 10.5. The van der Waals surface area contributed by atoms with Gasteiger partial charge in [-0.15, -0.1) is 0 Å². The zero-order valence-electron chi connectivity index (χ0n) is 20.1. The molecule has 1 saturated heterocycles. The first kappa shape index (κ1) is 25.2. The second-order valence-electron chi connectivity index (χ2n) is 8.60. The maximum Gasteiger partial charge on any atom is 0.269 e. The van der Waals surface area contributed by atoms with E-state index in [0.717, 1.165) is 16.7 Å². The highest BCUT2D eigenvalue weighted by Crippen LogP contribution is 2.34. The van der Waals surface area contributed by atoms with E-state index in [1.807, 2.05) is 50.2 Å². The largest absolute Gasteiger partial charge is 0.438 e. The molecule has 0 atom stereocenters. The van der Waals surface area contributed by atoms with Gasteiger partial charge in [-0.25, -0.2) is 0 Å². The van der Waals surface area contributed by atoms with Crippen LogP contribution in [0, 0.1) is 13.8 Å². The highest BCUT2D eigenvalue weighted by atomic mass is 35.5. The minimum absolute atomic E-state index is 0.107. The number of thioether (sulfide) groups is 1. The first-order valence-corrected chi connectivity index (χ1v) is 13.2. The van der Waals surface area contributed by atoms with E-state index in [1.54, 1.807) is 35.4 Å². The quantitative estimate of drug-likeness (QED) is 0.211. The first-order chi connectivity index (χ1) is 17.8. The number of ether oxygens (including phenoxy) is 1. The van der Waals surface area contributed by atoms with E-state index >= 15 is 0 Å². The minimum atomic E-state index is -0.344. The van der Waals surface area contributed by atoms with E-state index in [4.69, 9.17) is 28.6 Å². The summed E-state index contributed by atoms with van der Waals surface area (Å²) in [5.74, 6) is 0.348. The summed E-state index contributed by atoms with van der Waals surface area (Å²) in [5, 5.41) is 0.606. The SMILES string of the molecule is Cc1cc(Oc2nc3c(C)cccn3c(=O)c2/C=C2/SC(=S)N(CCc3ccccc3)C2=O)ccc1Cl. The predicted octanol–water partition coefficient (Wildman–Crippen LogP) is 6.20. The lowest BCUT2D eigenvalue weighted by Gasteiger charge is -2.14. The number of rotatable bonds is 6. The molecule has 0 aliphatic carbocycles. The number of amides is 1. The lowest BCUT2D eigenvalue weighted by atomic mass is 10.1. The number of benzene rings is 2. The molecule has 1 aliphatic rings. The van der Waals surface area contributed by atoms with Crippen LogP contribution in [0.5, 0.6) is 11.6 Å². The molecule has 2 aromatic carbocycles. The van der Waals surface area contributed by atoms with Gasteiger partial charge in [0.1, 0.15) is 21.3 Å². The fourth-order valence-corrected chi connectivity index (χ4v) is 5.40. The molecule has 9 heteroatoms. The number of hydrogen-bond donors (Lipinski definition) is 0. The molecule has 0 radical (unpaired) electrons. The van der Waals surface area contributed by atoms with Crippen LogP contribution in [0.25, 0.3) is 11.7 Å². The van der Waals surface area contributed by atoms with Gasteiger partial charge in [0.2, 0.25) is 5.88 Å². The van der Waals surface area contributed by atoms with Crippen molar-refractivity contribution >= 4 is 57.5 Å². The van der Waals surface area contributed by atoms with Crippen LogP contribution in [0.1, 0.15) is 22.3 Å². The van der Waals surface area contributed by atoms with Crippen LogP contribution < -0.4 is 10.3 Å². The number of aromatic nitrogens is 2. The molecule has 3 heterocycles. The number of carbonyl (C=O) groups is 1. The highest BCUT2D eigenvalue weighted by Gasteiger charge is 2.32. The van der Waals surface area contributed by atoms with Gasteiger partial charge in [0.05, 0.1) is 4.91 Å². The smallest absolute Gasteiger partial charge is 0.269 e. The van der Waals surface area contributed by atoms with Crippen molar-refractivity contribution in [3.05, 3.63) is 109 Å². The van der Waals surface area contributed by atoms with Crippen LogP contribution in [-0.2, 0) is 11.2 Å². The van der Waals surface area contributed by atoms with Gasteiger partial charge in [0, 0.05) is 17.8 Å². The number of halogens is 1. The van der Waals surface area contributed by atoms with Crippen molar-refractivity contribution in [2.75, 3.05) is 6.54 Å².